The van der Waals surface area contributed by atoms with Crippen LogP contribution < -0.4 is 4.74 Å². The highest BCUT2D eigenvalue weighted by Gasteiger charge is 2.35. The van der Waals surface area contributed by atoms with E-state index in [0.717, 1.165) is 39.2 Å². The van der Waals surface area contributed by atoms with Gasteiger partial charge in [0.2, 0.25) is 0 Å². The molecule has 0 bridgehead atoms. The fraction of sp³-hybridized carbons (Fsp3) is 0.0714. The topological polar surface area (TPSA) is 46.6 Å². The van der Waals surface area contributed by atoms with E-state index < -0.39 is 0 Å². The minimum Gasteiger partial charge on any atom is -0.488 e. The number of para-hydroxylation sites is 1. The van der Waals surface area contributed by atoms with E-state index in [4.69, 9.17) is 16.3 Å². The molecule has 0 unspecified atom stereocenters. The van der Waals surface area contributed by atoms with Crippen molar-refractivity contribution in [2.24, 2.45) is 0 Å². The molecule has 1 fully saturated rings. The molecular weight excluding hydrogens is 466 g/mol. The average molecular weight is 486 g/mol. The second-order valence-electron chi connectivity index (χ2n) is 7.86. The lowest BCUT2D eigenvalue weighted by molar-refractivity contribution is -0.123. The van der Waals surface area contributed by atoms with E-state index in [1.165, 1.54) is 4.90 Å². The van der Waals surface area contributed by atoms with Crippen LogP contribution in [-0.4, -0.2) is 16.0 Å². The van der Waals surface area contributed by atoms with Crippen LogP contribution >= 0.6 is 23.4 Å². The summed E-state index contributed by atoms with van der Waals surface area (Å²) in [7, 11) is 0. The second kappa shape index (κ2) is 9.75. The molecule has 0 atom stereocenters. The van der Waals surface area contributed by atoms with Crippen molar-refractivity contribution in [3.63, 3.8) is 0 Å². The molecule has 6 heteroatoms. The van der Waals surface area contributed by atoms with Gasteiger partial charge in [-0.2, -0.15) is 0 Å². The summed E-state index contributed by atoms with van der Waals surface area (Å²) in [5.74, 6) is 0.341. The van der Waals surface area contributed by atoms with Crippen molar-refractivity contribution in [1.29, 1.82) is 0 Å². The molecule has 1 aliphatic rings. The van der Waals surface area contributed by atoms with Crippen LogP contribution in [0.2, 0.25) is 5.02 Å². The van der Waals surface area contributed by atoms with Crippen LogP contribution in [0, 0.1) is 0 Å². The van der Waals surface area contributed by atoms with Crippen LogP contribution in [-0.2, 0) is 17.9 Å². The number of carbonyl (C=O) groups excluding carboxylic acids is 2. The molecule has 0 radical (unpaired) electrons. The standard InChI is InChI=1S/C28H20ClNO3S/c29-23-14-12-19(13-15-23)17-30-27(31)26(34-28(30)32)16-21-7-2-4-11-25(21)33-18-22-9-5-8-20-6-1-3-10-24(20)22/h1-16H,17-18H2/b26-16-. The molecule has 0 saturated carbocycles. The highest BCUT2D eigenvalue weighted by atomic mass is 35.5. The van der Waals surface area contributed by atoms with Gasteiger partial charge < -0.3 is 4.74 Å². The molecule has 1 aliphatic heterocycles. The molecule has 4 nitrogen and oxygen atoms in total. The van der Waals surface area contributed by atoms with Gasteiger partial charge in [-0.25, -0.2) is 0 Å². The van der Waals surface area contributed by atoms with Crippen molar-refractivity contribution in [3.8, 4) is 5.75 Å². The van der Waals surface area contributed by atoms with Crippen LogP contribution in [0.25, 0.3) is 16.8 Å². The summed E-state index contributed by atoms with van der Waals surface area (Å²) >= 11 is 6.88. The lowest BCUT2D eigenvalue weighted by Gasteiger charge is -2.13. The first-order chi connectivity index (χ1) is 16.6. The summed E-state index contributed by atoms with van der Waals surface area (Å²) in [5.41, 5.74) is 2.67. The summed E-state index contributed by atoms with van der Waals surface area (Å²) in [6.07, 6.45) is 1.73. The van der Waals surface area contributed by atoms with Crippen molar-refractivity contribution in [3.05, 3.63) is 118 Å². The van der Waals surface area contributed by atoms with E-state index in [9.17, 15) is 9.59 Å². The van der Waals surface area contributed by atoms with Gasteiger partial charge in [-0.15, -0.1) is 0 Å². The number of fused-ring (bicyclic) bond motifs is 1. The van der Waals surface area contributed by atoms with Crippen molar-refractivity contribution < 1.29 is 14.3 Å². The first-order valence-corrected chi connectivity index (χ1v) is 12.0. The Bertz CT molecular complexity index is 1410. The number of hydrogen-bond acceptors (Lipinski definition) is 4. The van der Waals surface area contributed by atoms with E-state index in [1.54, 1.807) is 18.2 Å². The van der Waals surface area contributed by atoms with E-state index in [2.05, 4.69) is 18.2 Å². The minimum absolute atomic E-state index is 0.207. The van der Waals surface area contributed by atoms with Crippen LogP contribution in [0.15, 0.2) is 95.9 Å². The molecule has 1 heterocycles. The van der Waals surface area contributed by atoms with Crippen molar-refractivity contribution in [2.75, 3.05) is 0 Å². The van der Waals surface area contributed by atoms with Crippen molar-refractivity contribution in [2.45, 2.75) is 13.2 Å². The molecule has 0 aliphatic carbocycles. The van der Waals surface area contributed by atoms with Crippen LogP contribution in [0.4, 0.5) is 4.79 Å². The second-order valence-corrected chi connectivity index (χ2v) is 9.29. The molecule has 4 aromatic rings. The Kier molecular flexibility index (Phi) is 6.39. The van der Waals surface area contributed by atoms with E-state index in [-0.39, 0.29) is 17.7 Å². The molecule has 0 aromatic heterocycles. The zero-order chi connectivity index (χ0) is 23.5. The fourth-order valence-electron chi connectivity index (χ4n) is 3.85. The van der Waals surface area contributed by atoms with E-state index in [1.807, 2.05) is 60.7 Å². The molecular formula is C28H20ClNO3S. The third-order valence-electron chi connectivity index (χ3n) is 5.60. The third-order valence-corrected chi connectivity index (χ3v) is 6.76. The van der Waals surface area contributed by atoms with Gasteiger partial charge in [0, 0.05) is 10.6 Å². The number of hydrogen-bond donors (Lipinski definition) is 0. The maximum atomic E-state index is 13.0. The minimum atomic E-state index is -0.311. The molecule has 0 spiro atoms. The summed E-state index contributed by atoms with van der Waals surface area (Å²) < 4.78 is 6.16. The smallest absolute Gasteiger partial charge is 0.293 e. The molecule has 1 saturated heterocycles. The molecule has 0 N–H and O–H groups in total. The largest absolute Gasteiger partial charge is 0.488 e. The van der Waals surface area contributed by atoms with Crippen molar-refractivity contribution in [1.82, 2.24) is 4.90 Å². The monoisotopic (exact) mass is 485 g/mol. The molecule has 34 heavy (non-hydrogen) atoms. The number of thioether (sulfide) groups is 1. The molecule has 5 rings (SSSR count). The number of ether oxygens (including phenoxy) is 1. The number of carbonyl (C=O) groups is 2. The first kappa shape index (κ1) is 22.3. The van der Waals surface area contributed by atoms with Crippen LogP contribution in [0.3, 0.4) is 0 Å². The predicted molar refractivity (Wildman–Crippen MR) is 138 cm³/mol. The summed E-state index contributed by atoms with van der Waals surface area (Å²) in [6.45, 7) is 0.600. The van der Waals surface area contributed by atoms with Crippen LogP contribution in [0.5, 0.6) is 5.75 Å². The predicted octanol–water partition coefficient (Wildman–Crippen LogP) is 7.31. The Labute approximate surface area is 206 Å². The molecule has 168 valence electrons. The lowest BCUT2D eigenvalue weighted by atomic mass is 10.1. The Hall–Kier alpha value is -3.54. The number of imide groups is 1. The highest BCUT2D eigenvalue weighted by Crippen LogP contribution is 2.35. The zero-order valence-corrected chi connectivity index (χ0v) is 19.7. The Morgan fingerprint density at radius 3 is 2.44 bits per heavy atom. The Balaban J connectivity index is 1.35. The van der Waals surface area contributed by atoms with Gasteiger partial charge in [0.25, 0.3) is 11.1 Å². The molecule has 4 aromatic carbocycles. The van der Waals surface area contributed by atoms with Gasteiger partial charge in [-0.05, 0) is 57.9 Å². The van der Waals surface area contributed by atoms with Gasteiger partial charge in [-0.3, -0.25) is 14.5 Å². The fourth-order valence-corrected chi connectivity index (χ4v) is 4.81. The zero-order valence-electron chi connectivity index (χ0n) is 18.1. The normalized spacial score (nSPS) is 14.9. The van der Waals surface area contributed by atoms with Gasteiger partial charge in [0.15, 0.2) is 0 Å². The Morgan fingerprint density at radius 1 is 0.853 bits per heavy atom. The number of nitrogens with zero attached hydrogens (tertiary/aromatic N) is 1. The van der Waals surface area contributed by atoms with Gasteiger partial charge in [0.1, 0.15) is 12.4 Å². The average Bonchev–Trinajstić information content (AvgIpc) is 3.12. The summed E-state index contributed by atoms with van der Waals surface area (Å²) in [4.78, 5) is 27.1. The van der Waals surface area contributed by atoms with Gasteiger partial charge in [-0.1, -0.05) is 84.4 Å². The quantitative estimate of drug-likeness (QED) is 0.269. The Morgan fingerprint density at radius 2 is 1.59 bits per heavy atom. The van der Waals surface area contributed by atoms with Gasteiger partial charge in [0.05, 0.1) is 11.4 Å². The van der Waals surface area contributed by atoms with E-state index >= 15 is 0 Å². The number of amides is 2. The third kappa shape index (κ3) is 4.72. The number of benzene rings is 4. The van der Waals surface area contributed by atoms with E-state index in [0.29, 0.717) is 22.3 Å². The summed E-state index contributed by atoms with van der Waals surface area (Å²) in [6, 6.07) is 29.0. The first-order valence-electron chi connectivity index (χ1n) is 10.8. The number of rotatable bonds is 6. The highest BCUT2D eigenvalue weighted by molar-refractivity contribution is 8.18. The number of halogens is 1. The summed E-state index contributed by atoms with van der Waals surface area (Å²) in [5, 5.41) is 2.62. The maximum Gasteiger partial charge on any atom is 0.293 e. The van der Waals surface area contributed by atoms with Crippen LogP contribution in [0.1, 0.15) is 16.7 Å². The maximum absolute atomic E-state index is 13.0. The lowest BCUT2D eigenvalue weighted by Crippen LogP contribution is -2.27. The SMILES string of the molecule is O=C1S/C(=C\c2ccccc2OCc2cccc3ccccc23)C(=O)N1Cc1ccc(Cl)cc1. The van der Waals surface area contributed by atoms with Gasteiger partial charge >= 0.3 is 0 Å². The van der Waals surface area contributed by atoms with Crippen molar-refractivity contribution >= 4 is 51.4 Å². The molecule has 2 amide bonds.